The molecule has 19 heavy (non-hydrogen) atoms. The normalized spacial score (nSPS) is 10.5. The molecule has 3 heterocycles. The van der Waals surface area contributed by atoms with Crippen molar-refractivity contribution in [2.45, 2.75) is 0 Å². The third-order valence-electron chi connectivity index (χ3n) is 2.86. The quantitative estimate of drug-likeness (QED) is 0.702. The summed E-state index contributed by atoms with van der Waals surface area (Å²) in [6.07, 6.45) is 6.39. The van der Waals surface area contributed by atoms with E-state index in [1.54, 1.807) is 30.8 Å². The summed E-state index contributed by atoms with van der Waals surface area (Å²) in [5.74, 6) is 0.630. The summed E-state index contributed by atoms with van der Waals surface area (Å²) in [7, 11) is 0. The molecule has 0 unspecified atom stereocenters. The minimum atomic E-state index is 0.566. The van der Waals surface area contributed by atoms with Gasteiger partial charge in [0.2, 0.25) is 0 Å². The number of carbonyl (C=O) groups is 2. The Balaban J connectivity index is 1.94. The molecule has 2 N–H and O–H groups in total. The largest absolute Gasteiger partial charge is 0.462 e. The van der Waals surface area contributed by atoms with E-state index >= 15 is 0 Å². The number of furan rings is 1. The maximum Gasteiger partial charge on any atom is 0.151 e. The molecule has 94 valence electrons. The number of H-pyrrole nitrogens is 2. The fourth-order valence-corrected chi connectivity index (χ4v) is 1.89. The van der Waals surface area contributed by atoms with Crippen LogP contribution in [0.5, 0.6) is 0 Å². The van der Waals surface area contributed by atoms with E-state index in [1.807, 2.05) is 6.07 Å². The molecule has 0 saturated heterocycles. The predicted octanol–water partition coefficient (Wildman–Crippen LogP) is 2.89. The zero-order chi connectivity index (χ0) is 13.2. The van der Waals surface area contributed by atoms with Gasteiger partial charge >= 0.3 is 0 Å². The van der Waals surface area contributed by atoms with Gasteiger partial charge in [0, 0.05) is 34.8 Å². The zero-order valence-electron chi connectivity index (χ0n) is 9.84. The molecule has 0 radical (unpaired) electrons. The predicted molar refractivity (Wildman–Crippen MR) is 69.1 cm³/mol. The highest BCUT2D eigenvalue weighted by Gasteiger charge is 2.09. The summed E-state index contributed by atoms with van der Waals surface area (Å²) in [6, 6.07) is 5.29. The molecule has 0 amide bonds. The van der Waals surface area contributed by atoms with Crippen molar-refractivity contribution < 1.29 is 14.0 Å². The van der Waals surface area contributed by atoms with Crippen LogP contribution >= 0.6 is 0 Å². The van der Waals surface area contributed by atoms with Crippen molar-refractivity contribution in [1.29, 1.82) is 0 Å². The summed E-state index contributed by atoms with van der Waals surface area (Å²) >= 11 is 0. The maximum atomic E-state index is 10.6. The van der Waals surface area contributed by atoms with Gasteiger partial charge in [-0.05, 0) is 18.2 Å². The van der Waals surface area contributed by atoms with Gasteiger partial charge in [0.1, 0.15) is 6.26 Å². The summed E-state index contributed by atoms with van der Waals surface area (Å²) in [5, 5.41) is 0. The minimum Gasteiger partial charge on any atom is -0.462 e. The van der Waals surface area contributed by atoms with Crippen molar-refractivity contribution in [2.24, 2.45) is 0 Å². The van der Waals surface area contributed by atoms with Gasteiger partial charge in [0.15, 0.2) is 18.3 Å². The lowest BCUT2D eigenvalue weighted by Gasteiger charge is -1.89. The van der Waals surface area contributed by atoms with Gasteiger partial charge in [0.05, 0.1) is 5.69 Å². The van der Waals surface area contributed by atoms with Crippen LogP contribution < -0.4 is 0 Å². The van der Waals surface area contributed by atoms with Crippen molar-refractivity contribution in [3.63, 3.8) is 0 Å². The Morgan fingerprint density at radius 2 is 1.53 bits per heavy atom. The zero-order valence-corrected chi connectivity index (χ0v) is 9.84. The maximum absolute atomic E-state index is 10.6. The van der Waals surface area contributed by atoms with Crippen LogP contribution in [0.25, 0.3) is 22.7 Å². The summed E-state index contributed by atoms with van der Waals surface area (Å²) in [4.78, 5) is 27.2. The average Bonchev–Trinajstić information content (AvgIpc) is 3.16. The summed E-state index contributed by atoms with van der Waals surface area (Å²) < 4.78 is 5.45. The number of aldehydes is 2. The molecular formula is C14H10N2O3. The Kier molecular flexibility index (Phi) is 2.64. The van der Waals surface area contributed by atoms with Gasteiger partial charge < -0.3 is 14.4 Å². The molecule has 0 bridgehead atoms. The lowest BCUT2D eigenvalue weighted by Crippen LogP contribution is -1.72. The van der Waals surface area contributed by atoms with E-state index in [2.05, 4.69) is 9.97 Å². The Hall–Kier alpha value is -2.82. The molecule has 5 nitrogen and oxygen atoms in total. The minimum absolute atomic E-state index is 0.566. The van der Waals surface area contributed by atoms with Gasteiger partial charge in [-0.25, -0.2) is 0 Å². The highest BCUT2D eigenvalue weighted by Crippen LogP contribution is 2.27. The number of carbonyl (C=O) groups excluding carboxylic acids is 2. The van der Waals surface area contributed by atoms with Gasteiger partial charge in [-0.3, -0.25) is 9.59 Å². The van der Waals surface area contributed by atoms with E-state index in [9.17, 15) is 9.59 Å². The first kappa shape index (κ1) is 11.3. The first-order valence-corrected chi connectivity index (χ1v) is 5.66. The van der Waals surface area contributed by atoms with E-state index in [0.717, 1.165) is 29.5 Å². The molecule has 0 aromatic carbocycles. The second kappa shape index (κ2) is 4.45. The Morgan fingerprint density at radius 1 is 0.895 bits per heavy atom. The first-order valence-electron chi connectivity index (χ1n) is 5.66. The highest BCUT2D eigenvalue weighted by atomic mass is 16.3. The molecule has 3 rings (SSSR count). The molecular weight excluding hydrogens is 244 g/mol. The van der Waals surface area contributed by atoms with E-state index < -0.39 is 0 Å². The molecule has 3 aromatic rings. The highest BCUT2D eigenvalue weighted by molar-refractivity contribution is 5.80. The average molecular weight is 254 g/mol. The fraction of sp³-hybridized carbons (Fsp3) is 0. The van der Waals surface area contributed by atoms with Crippen LogP contribution in [0.2, 0.25) is 0 Å². The number of nitrogens with one attached hydrogen (secondary N) is 2. The molecule has 0 aliphatic rings. The Labute approximate surface area is 108 Å². The standard InChI is InChI=1S/C14H10N2O3/c17-6-9-1-12(15-4-9)11-3-14(19-8-11)13-2-10(7-18)5-16-13/h1-8,15-16H. The van der Waals surface area contributed by atoms with Gasteiger partial charge in [0.25, 0.3) is 0 Å². The van der Waals surface area contributed by atoms with Crippen molar-refractivity contribution in [3.8, 4) is 22.7 Å². The van der Waals surface area contributed by atoms with Crippen LogP contribution in [0.3, 0.4) is 0 Å². The third kappa shape index (κ3) is 2.01. The number of hydrogen-bond acceptors (Lipinski definition) is 3. The molecule has 0 spiro atoms. The van der Waals surface area contributed by atoms with E-state index in [0.29, 0.717) is 16.9 Å². The lowest BCUT2D eigenvalue weighted by molar-refractivity contribution is 0.111. The van der Waals surface area contributed by atoms with Crippen LogP contribution in [-0.2, 0) is 0 Å². The molecule has 0 saturated carbocycles. The topological polar surface area (TPSA) is 78.9 Å². The second-order valence-electron chi connectivity index (χ2n) is 4.13. The molecule has 0 aliphatic heterocycles. The second-order valence-corrected chi connectivity index (χ2v) is 4.13. The third-order valence-corrected chi connectivity index (χ3v) is 2.86. The van der Waals surface area contributed by atoms with Crippen LogP contribution in [0.4, 0.5) is 0 Å². The van der Waals surface area contributed by atoms with Crippen molar-refractivity contribution in [2.75, 3.05) is 0 Å². The number of hydrogen-bond donors (Lipinski definition) is 2. The molecule has 0 fully saturated rings. The first-order chi connectivity index (χ1) is 9.30. The van der Waals surface area contributed by atoms with Crippen LogP contribution in [0, 0.1) is 0 Å². The Morgan fingerprint density at radius 3 is 2.16 bits per heavy atom. The van der Waals surface area contributed by atoms with Gasteiger partial charge in [-0.15, -0.1) is 0 Å². The SMILES string of the molecule is O=Cc1c[nH]c(-c2coc(-c3cc(C=O)c[nH]3)c2)c1. The van der Waals surface area contributed by atoms with Crippen molar-refractivity contribution in [3.05, 3.63) is 48.0 Å². The van der Waals surface area contributed by atoms with Crippen LogP contribution in [0.1, 0.15) is 20.7 Å². The smallest absolute Gasteiger partial charge is 0.151 e. The Bertz CT molecular complexity index is 673. The number of rotatable bonds is 4. The van der Waals surface area contributed by atoms with Crippen molar-refractivity contribution >= 4 is 12.6 Å². The monoisotopic (exact) mass is 254 g/mol. The lowest BCUT2D eigenvalue weighted by atomic mass is 10.2. The van der Waals surface area contributed by atoms with Crippen molar-refractivity contribution in [1.82, 2.24) is 9.97 Å². The molecule has 0 atom stereocenters. The molecule has 0 aliphatic carbocycles. The van der Waals surface area contributed by atoms with E-state index in [1.165, 1.54) is 0 Å². The summed E-state index contributed by atoms with van der Waals surface area (Å²) in [5.41, 5.74) is 3.53. The molecule has 5 heteroatoms. The molecule has 3 aromatic heterocycles. The number of aromatic nitrogens is 2. The van der Waals surface area contributed by atoms with Gasteiger partial charge in [-0.2, -0.15) is 0 Å². The van der Waals surface area contributed by atoms with E-state index in [4.69, 9.17) is 4.42 Å². The van der Waals surface area contributed by atoms with E-state index in [-0.39, 0.29) is 0 Å². The summed E-state index contributed by atoms with van der Waals surface area (Å²) in [6.45, 7) is 0. The van der Waals surface area contributed by atoms with Gasteiger partial charge in [-0.1, -0.05) is 0 Å². The fourth-order valence-electron chi connectivity index (χ4n) is 1.89. The number of aromatic amines is 2. The van der Waals surface area contributed by atoms with Crippen LogP contribution in [0.15, 0.2) is 41.3 Å². The van der Waals surface area contributed by atoms with Crippen LogP contribution in [-0.4, -0.2) is 22.5 Å².